The van der Waals surface area contributed by atoms with Gasteiger partial charge in [-0.15, -0.1) is 0 Å². The molecule has 16 heavy (non-hydrogen) atoms. The Balaban J connectivity index is 2.28. The van der Waals surface area contributed by atoms with Gasteiger partial charge in [-0.1, -0.05) is 0 Å². The van der Waals surface area contributed by atoms with Crippen LogP contribution in [-0.2, 0) is 9.47 Å². The highest BCUT2D eigenvalue weighted by molar-refractivity contribution is 8.11. The summed E-state index contributed by atoms with van der Waals surface area (Å²) in [5, 5.41) is 7.54. The van der Waals surface area contributed by atoms with Crippen molar-refractivity contribution < 1.29 is 14.3 Å². The Hall–Kier alpha value is -0.950. The van der Waals surface area contributed by atoms with E-state index in [1.54, 1.807) is 11.8 Å². The van der Waals surface area contributed by atoms with E-state index < -0.39 is 0 Å². The van der Waals surface area contributed by atoms with Crippen LogP contribution < -0.4 is 0 Å². The lowest BCUT2D eigenvalue weighted by molar-refractivity contribution is 0.0949. The summed E-state index contributed by atoms with van der Waals surface area (Å²) >= 11 is 1.26. The van der Waals surface area contributed by atoms with E-state index in [1.165, 1.54) is 19.1 Å². The summed E-state index contributed by atoms with van der Waals surface area (Å²) in [7, 11) is 1.48. The van der Waals surface area contributed by atoms with Gasteiger partial charge in [-0.2, -0.15) is 0 Å². The third-order valence-electron chi connectivity index (χ3n) is 2.16. The molecule has 7 heteroatoms. The van der Waals surface area contributed by atoms with Crippen LogP contribution in [0.5, 0.6) is 0 Å². The molecule has 0 spiro atoms. The predicted molar refractivity (Wildman–Crippen MR) is 62.5 cm³/mol. The van der Waals surface area contributed by atoms with E-state index in [9.17, 15) is 4.79 Å². The number of amides is 1. The maximum absolute atomic E-state index is 11.4. The number of rotatable bonds is 2. The van der Waals surface area contributed by atoms with Crippen molar-refractivity contribution in [3.05, 3.63) is 0 Å². The SMILES string of the molecule is CCOC(=O)N1CCN(SC(=N)OC)CC1. The zero-order valence-corrected chi connectivity index (χ0v) is 10.4. The second kappa shape index (κ2) is 6.59. The molecule has 0 unspecified atom stereocenters. The molecule has 0 aromatic rings. The fourth-order valence-electron chi connectivity index (χ4n) is 1.33. The standard InChI is InChI=1S/C9H17N3O3S/c1-3-15-9(13)11-4-6-12(7-5-11)16-8(10)14-2/h10H,3-7H2,1-2H3. The molecular weight excluding hydrogens is 230 g/mol. The van der Waals surface area contributed by atoms with E-state index >= 15 is 0 Å². The first-order valence-corrected chi connectivity index (χ1v) is 5.92. The first-order valence-electron chi connectivity index (χ1n) is 5.14. The van der Waals surface area contributed by atoms with Crippen LogP contribution in [0.2, 0.25) is 0 Å². The molecule has 0 atom stereocenters. The van der Waals surface area contributed by atoms with E-state index in [0.29, 0.717) is 19.7 Å². The highest BCUT2D eigenvalue weighted by atomic mass is 32.2. The number of carbonyl (C=O) groups excluding carboxylic acids is 1. The minimum absolute atomic E-state index is 0.171. The number of hydrogen-bond donors (Lipinski definition) is 1. The Bertz CT molecular complexity index is 254. The van der Waals surface area contributed by atoms with Crippen molar-refractivity contribution in [2.45, 2.75) is 6.92 Å². The van der Waals surface area contributed by atoms with Crippen molar-refractivity contribution >= 4 is 23.3 Å². The minimum atomic E-state index is -0.256. The van der Waals surface area contributed by atoms with E-state index in [1.807, 2.05) is 4.31 Å². The van der Waals surface area contributed by atoms with Gasteiger partial charge in [-0.3, -0.25) is 5.41 Å². The van der Waals surface area contributed by atoms with Gasteiger partial charge in [0, 0.05) is 38.1 Å². The van der Waals surface area contributed by atoms with Gasteiger partial charge in [0.25, 0.3) is 5.23 Å². The summed E-state index contributed by atoms with van der Waals surface area (Å²) in [5.74, 6) is 0. The molecular formula is C9H17N3O3S. The molecule has 1 aliphatic heterocycles. The second-order valence-electron chi connectivity index (χ2n) is 3.20. The van der Waals surface area contributed by atoms with Crippen LogP contribution in [0, 0.1) is 5.41 Å². The average molecular weight is 247 g/mol. The fraction of sp³-hybridized carbons (Fsp3) is 0.778. The first-order chi connectivity index (χ1) is 7.67. The van der Waals surface area contributed by atoms with E-state index in [-0.39, 0.29) is 11.3 Å². The monoisotopic (exact) mass is 247 g/mol. The topological polar surface area (TPSA) is 65.9 Å². The van der Waals surface area contributed by atoms with Gasteiger partial charge in [0.2, 0.25) is 0 Å². The van der Waals surface area contributed by atoms with E-state index in [2.05, 4.69) is 0 Å². The van der Waals surface area contributed by atoms with Gasteiger partial charge in [-0.05, 0) is 6.92 Å². The largest absolute Gasteiger partial charge is 0.476 e. The summed E-state index contributed by atoms with van der Waals surface area (Å²) in [5.41, 5.74) is 0. The zero-order chi connectivity index (χ0) is 12.0. The number of methoxy groups -OCH3 is 1. The van der Waals surface area contributed by atoms with Crippen LogP contribution in [0.1, 0.15) is 6.92 Å². The molecule has 0 bridgehead atoms. The van der Waals surface area contributed by atoms with Crippen LogP contribution >= 0.6 is 11.9 Å². The number of hydrogen-bond acceptors (Lipinski definition) is 6. The van der Waals surface area contributed by atoms with Crippen LogP contribution in [0.25, 0.3) is 0 Å². The van der Waals surface area contributed by atoms with E-state index in [0.717, 1.165) is 13.1 Å². The highest BCUT2D eigenvalue weighted by Crippen LogP contribution is 2.15. The molecule has 0 saturated carbocycles. The third-order valence-corrected chi connectivity index (χ3v) is 3.12. The second-order valence-corrected chi connectivity index (χ2v) is 4.27. The lowest BCUT2D eigenvalue weighted by atomic mass is 10.4. The highest BCUT2D eigenvalue weighted by Gasteiger charge is 2.23. The molecule has 6 nitrogen and oxygen atoms in total. The van der Waals surface area contributed by atoms with Crippen molar-refractivity contribution in [3.8, 4) is 0 Å². The summed E-state index contributed by atoms with van der Waals surface area (Å²) in [6, 6.07) is 0. The zero-order valence-electron chi connectivity index (χ0n) is 9.56. The lowest BCUT2D eigenvalue weighted by Gasteiger charge is -2.32. The van der Waals surface area contributed by atoms with Crippen molar-refractivity contribution in [1.29, 1.82) is 5.41 Å². The summed E-state index contributed by atoms with van der Waals surface area (Å²) in [6.45, 7) is 4.89. The molecule has 1 amide bonds. The maximum Gasteiger partial charge on any atom is 0.409 e. The maximum atomic E-state index is 11.4. The minimum Gasteiger partial charge on any atom is -0.476 e. The molecule has 0 aliphatic carbocycles. The van der Waals surface area contributed by atoms with Gasteiger partial charge < -0.3 is 14.4 Å². The van der Waals surface area contributed by atoms with Crippen LogP contribution in [0.3, 0.4) is 0 Å². The Morgan fingerprint density at radius 1 is 1.38 bits per heavy atom. The molecule has 1 saturated heterocycles. The Morgan fingerprint density at radius 2 is 2.00 bits per heavy atom. The Morgan fingerprint density at radius 3 is 2.50 bits per heavy atom. The van der Waals surface area contributed by atoms with E-state index in [4.69, 9.17) is 14.9 Å². The molecule has 1 rings (SSSR count). The quantitative estimate of drug-likeness (QED) is 0.448. The van der Waals surface area contributed by atoms with Crippen LogP contribution in [-0.4, -0.2) is 60.4 Å². The number of ether oxygens (including phenoxy) is 2. The van der Waals surface area contributed by atoms with Crippen LogP contribution in [0.15, 0.2) is 0 Å². The predicted octanol–water partition coefficient (Wildman–Crippen LogP) is 0.990. The number of piperazine rings is 1. The molecule has 0 aromatic heterocycles. The number of nitrogens with one attached hydrogen (secondary N) is 1. The Labute approximate surface area is 99.5 Å². The molecule has 92 valence electrons. The molecule has 1 aliphatic rings. The molecule has 1 N–H and O–H groups in total. The summed E-state index contributed by atoms with van der Waals surface area (Å²) < 4.78 is 11.7. The van der Waals surface area contributed by atoms with Crippen molar-refractivity contribution in [2.75, 3.05) is 39.9 Å². The summed E-state index contributed by atoms with van der Waals surface area (Å²) in [4.78, 5) is 13.1. The fourth-order valence-corrected chi connectivity index (χ4v) is 1.99. The molecule has 0 radical (unpaired) electrons. The smallest absolute Gasteiger partial charge is 0.409 e. The number of carbonyl (C=O) groups is 1. The van der Waals surface area contributed by atoms with Gasteiger partial charge in [0.1, 0.15) is 0 Å². The van der Waals surface area contributed by atoms with Gasteiger partial charge >= 0.3 is 6.09 Å². The van der Waals surface area contributed by atoms with Crippen molar-refractivity contribution in [1.82, 2.24) is 9.21 Å². The lowest BCUT2D eigenvalue weighted by Crippen LogP contribution is -2.46. The van der Waals surface area contributed by atoms with Crippen molar-refractivity contribution in [3.63, 3.8) is 0 Å². The first kappa shape index (κ1) is 13.1. The van der Waals surface area contributed by atoms with Gasteiger partial charge in [0.15, 0.2) is 0 Å². The molecule has 1 fully saturated rings. The Kier molecular flexibility index (Phi) is 5.41. The molecule has 1 heterocycles. The number of nitrogens with zero attached hydrogens (tertiary/aromatic N) is 2. The third kappa shape index (κ3) is 3.90. The average Bonchev–Trinajstić information content (AvgIpc) is 2.30. The van der Waals surface area contributed by atoms with Crippen molar-refractivity contribution in [2.24, 2.45) is 0 Å². The van der Waals surface area contributed by atoms with Gasteiger partial charge in [0.05, 0.1) is 13.7 Å². The van der Waals surface area contributed by atoms with Gasteiger partial charge in [-0.25, -0.2) is 9.10 Å². The van der Waals surface area contributed by atoms with Crippen LogP contribution in [0.4, 0.5) is 4.79 Å². The normalized spacial score (nSPS) is 17.0. The summed E-state index contributed by atoms with van der Waals surface area (Å²) in [6.07, 6.45) is -0.256. The molecule has 0 aromatic carbocycles.